The second-order valence-corrected chi connectivity index (χ2v) is 4.95. The number of hydrogen-bond donors (Lipinski definition) is 1. The molecule has 2 N–H and O–H groups in total. The predicted molar refractivity (Wildman–Crippen MR) is 64.1 cm³/mol. The molecule has 0 atom stereocenters. The molecule has 1 fully saturated rings. The maximum Gasteiger partial charge on any atom is 0.248 e. The Balaban J connectivity index is 2.22. The molecular formula is C12H24N2O2. The molecule has 94 valence electrons. The highest BCUT2D eigenvalue weighted by atomic mass is 16.5. The van der Waals surface area contributed by atoms with E-state index in [1.807, 2.05) is 20.9 Å². The normalized spacial score (nSPS) is 25.8. The van der Waals surface area contributed by atoms with Crippen molar-refractivity contribution in [3.8, 4) is 0 Å². The van der Waals surface area contributed by atoms with Gasteiger partial charge in [0.25, 0.3) is 0 Å². The molecule has 4 heteroatoms. The fourth-order valence-electron chi connectivity index (χ4n) is 1.83. The molecule has 4 nitrogen and oxygen atoms in total. The van der Waals surface area contributed by atoms with Crippen LogP contribution in [0.4, 0.5) is 0 Å². The summed E-state index contributed by atoms with van der Waals surface area (Å²) < 4.78 is 5.62. The quantitative estimate of drug-likeness (QED) is 0.785. The minimum Gasteiger partial charge on any atom is -0.368 e. The molecule has 0 aromatic carbocycles. The van der Waals surface area contributed by atoms with Crippen molar-refractivity contribution >= 4 is 5.91 Å². The highest BCUT2D eigenvalue weighted by Gasteiger charge is 2.20. The van der Waals surface area contributed by atoms with E-state index in [1.165, 1.54) is 0 Å². The Morgan fingerprint density at radius 3 is 2.44 bits per heavy atom. The van der Waals surface area contributed by atoms with E-state index in [1.54, 1.807) is 4.90 Å². The number of amides is 1. The Kier molecular flexibility index (Phi) is 5.22. The van der Waals surface area contributed by atoms with Gasteiger partial charge in [0, 0.05) is 19.1 Å². The van der Waals surface area contributed by atoms with Gasteiger partial charge in [-0.1, -0.05) is 0 Å². The maximum atomic E-state index is 11.7. The molecule has 0 aliphatic heterocycles. The van der Waals surface area contributed by atoms with E-state index in [9.17, 15) is 4.79 Å². The van der Waals surface area contributed by atoms with Crippen LogP contribution in [0.15, 0.2) is 0 Å². The summed E-state index contributed by atoms with van der Waals surface area (Å²) in [5.41, 5.74) is 5.81. The fourth-order valence-corrected chi connectivity index (χ4v) is 1.83. The van der Waals surface area contributed by atoms with Gasteiger partial charge >= 0.3 is 0 Å². The van der Waals surface area contributed by atoms with Crippen molar-refractivity contribution in [3.63, 3.8) is 0 Å². The molecule has 0 saturated heterocycles. The summed E-state index contributed by atoms with van der Waals surface area (Å²) in [4.78, 5) is 13.4. The predicted octanol–water partition coefficient (Wildman–Crippen LogP) is 1.14. The third kappa shape index (κ3) is 4.10. The number of likely N-dealkylation sites (N-methyl/N-ethyl adjacent to an activating group) is 1. The lowest BCUT2D eigenvalue weighted by atomic mass is 9.94. The van der Waals surface area contributed by atoms with E-state index < -0.39 is 0 Å². The summed E-state index contributed by atoms with van der Waals surface area (Å²) in [6.07, 6.45) is 4.22. The van der Waals surface area contributed by atoms with Crippen LogP contribution in [0.3, 0.4) is 0 Å². The van der Waals surface area contributed by atoms with Crippen LogP contribution in [0.25, 0.3) is 0 Å². The molecule has 1 aliphatic rings. The van der Waals surface area contributed by atoms with Crippen LogP contribution in [-0.4, -0.2) is 42.6 Å². The second kappa shape index (κ2) is 6.21. The van der Waals surface area contributed by atoms with Gasteiger partial charge in [-0.3, -0.25) is 4.79 Å². The zero-order valence-electron chi connectivity index (χ0n) is 10.6. The van der Waals surface area contributed by atoms with Gasteiger partial charge in [0.1, 0.15) is 6.61 Å². The number of carbonyl (C=O) groups is 1. The van der Waals surface area contributed by atoms with E-state index in [0.717, 1.165) is 25.7 Å². The van der Waals surface area contributed by atoms with Crippen LogP contribution in [0, 0.1) is 0 Å². The molecule has 1 amide bonds. The van der Waals surface area contributed by atoms with Crippen molar-refractivity contribution in [2.45, 2.75) is 57.7 Å². The molecule has 0 unspecified atom stereocenters. The summed E-state index contributed by atoms with van der Waals surface area (Å²) in [6.45, 7) is 4.20. The monoisotopic (exact) mass is 228 g/mol. The Morgan fingerprint density at radius 1 is 1.38 bits per heavy atom. The smallest absolute Gasteiger partial charge is 0.248 e. The van der Waals surface area contributed by atoms with E-state index in [0.29, 0.717) is 6.04 Å². The van der Waals surface area contributed by atoms with E-state index in [2.05, 4.69) is 0 Å². The van der Waals surface area contributed by atoms with Crippen LogP contribution in [-0.2, 0) is 9.53 Å². The summed E-state index contributed by atoms with van der Waals surface area (Å²) in [7, 11) is 1.81. The van der Waals surface area contributed by atoms with Crippen molar-refractivity contribution in [1.29, 1.82) is 0 Å². The first-order valence-corrected chi connectivity index (χ1v) is 6.13. The van der Waals surface area contributed by atoms with Crippen molar-refractivity contribution in [1.82, 2.24) is 4.90 Å². The Labute approximate surface area is 98.1 Å². The number of carbonyl (C=O) groups excluding carboxylic acids is 1. The average molecular weight is 228 g/mol. The zero-order valence-corrected chi connectivity index (χ0v) is 10.6. The largest absolute Gasteiger partial charge is 0.368 e. The minimum atomic E-state index is 0.0601. The molecule has 0 aromatic heterocycles. The van der Waals surface area contributed by atoms with Crippen LogP contribution >= 0.6 is 0 Å². The molecule has 0 aromatic rings. The summed E-state index contributed by atoms with van der Waals surface area (Å²) in [5.74, 6) is 0.0601. The number of rotatable bonds is 4. The third-order valence-electron chi connectivity index (χ3n) is 3.33. The minimum absolute atomic E-state index is 0.0601. The van der Waals surface area contributed by atoms with Gasteiger partial charge in [0.2, 0.25) is 5.91 Å². The van der Waals surface area contributed by atoms with Crippen molar-refractivity contribution in [2.75, 3.05) is 13.7 Å². The third-order valence-corrected chi connectivity index (χ3v) is 3.33. The molecule has 1 rings (SSSR count). The Morgan fingerprint density at radius 2 is 1.94 bits per heavy atom. The highest BCUT2D eigenvalue weighted by molar-refractivity contribution is 5.77. The first-order chi connectivity index (χ1) is 7.50. The molecule has 1 saturated carbocycles. The number of ether oxygens (including phenoxy) is 1. The molecular weight excluding hydrogens is 204 g/mol. The van der Waals surface area contributed by atoms with Gasteiger partial charge in [-0.15, -0.1) is 0 Å². The number of nitrogens with two attached hydrogens (primary N) is 1. The molecule has 0 bridgehead atoms. The fraction of sp³-hybridized carbons (Fsp3) is 0.917. The lowest BCUT2D eigenvalue weighted by molar-refractivity contribution is -0.139. The van der Waals surface area contributed by atoms with Gasteiger partial charge in [0.05, 0.1) is 6.10 Å². The standard InChI is InChI=1S/C12H24N2O2/c1-9(2)14(3)12(15)8-16-11-6-4-10(13)5-7-11/h9-11H,4-8,13H2,1-3H3. The summed E-state index contributed by atoms with van der Waals surface area (Å²) in [6, 6.07) is 0.560. The molecule has 0 heterocycles. The number of hydrogen-bond acceptors (Lipinski definition) is 3. The SMILES string of the molecule is CC(C)N(C)C(=O)COC1CCC(N)CC1. The van der Waals surface area contributed by atoms with Crippen LogP contribution in [0.1, 0.15) is 39.5 Å². The topological polar surface area (TPSA) is 55.6 Å². The van der Waals surface area contributed by atoms with Crippen LogP contribution in [0.2, 0.25) is 0 Å². The highest BCUT2D eigenvalue weighted by Crippen LogP contribution is 2.19. The Hall–Kier alpha value is -0.610. The first-order valence-electron chi connectivity index (χ1n) is 6.13. The first kappa shape index (κ1) is 13.5. The Bertz CT molecular complexity index is 223. The van der Waals surface area contributed by atoms with E-state index in [-0.39, 0.29) is 24.7 Å². The van der Waals surface area contributed by atoms with Gasteiger partial charge in [-0.25, -0.2) is 0 Å². The van der Waals surface area contributed by atoms with Gasteiger partial charge < -0.3 is 15.4 Å². The van der Waals surface area contributed by atoms with Gasteiger partial charge in [0.15, 0.2) is 0 Å². The van der Waals surface area contributed by atoms with E-state index >= 15 is 0 Å². The lowest BCUT2D eigenvalue weighted by Crippen LogP contribution is -2.38. The van der Waals surface area contributed by atoms with Gasteiger partial charge in [-0.2, -0.15) is 0 Å². The molecule has 0 radical (unpaired) electrons. The molecule has 0 spiro atoms. The maximum absolute atomic E-state index is 11.7. The molecule has 1 aliphatic carbocycles. The van der Waals surface area contributed by atoms with Gasteiger partial charge in [-0.05, 0) is 39.5 Å². The summed E-state index contributed by atoms with van der Waals surface area (Å²) in [5, 5.41) is 0. The van der Waals surface area contributed by atoms with Crippen LogP contribution < -0.4 is 5.73 Å². The van der Waals surface area contributed by atoms with E-state index in [4.69, 9.17) is 10.5 Å². The summed E-state index contributed by atoms with van der Waals surface area (Å²) >= 11 is 0. The second-order valence-electron chi connectivity index (χ2n) is 4.95. The van der Waals surface area contributed by atoms with Crippen LogP contribution in [0.5, 0.6) is 0 Å². The number of nitrogens with zero attached hydrogens (tertiary/aromatic N) is 1. The van der Waals surface area contributed by atoms with Crippen molar-refractivity contribution in [3.05, 3.63) is 0 Å². The average Bonchev–Trinajstić information content (AvgIpc) is 2.26. The van der Waals surface area contributed by atoms with Crippen molar-refractivity contribution in [2.24, 2.45) is 5.73 Å². The van der Waals surface area contributed by atoms with Crippen molar-refractivity contribution < 1.29 is 9.53 Å². The zero-order chi connectivity index (χ0) is 12.1. The lowest BCUT2D eigenvalue weighted by Gasteiger charge is -2.27. The molecule has 16 heavy (non-hydrogen) atoms.